The summed E-state index contributed by atoms with van der Waals surface area (Å²) in [5, 5.41) is 0.517. The molecule has 1 atom stereocenters. The molecular weight excluding hydrogens is 478 g/mol. The summed E-state index contributed by atoms with van der Waals surface area (Å²) in [7, 11) is 0. The molecule has 0 radical (unpaired) electrons. The van der Waals surface area contributed by atoms with Crippen LogP contribution in [0.1, 0.15) is 47.7 Å². The Labute approximate surface area is 215 Å². The molecule has 1 aliphatic rings. The lowest BCUT2D eigenvalue weighted by molar-refractivity contribution is -0.147. The number of hydrogen-bond acceptors (Lipinski definition) is 5. The van der Waals surface area contributed by atoms with E-state index in [4.69, 9.17) is 21.1 Å². The number of aryl methyl sites for hydroxylation is 1. The molecule has 1 saturated heterocycles. The number of benzene rings is 3. The second-order valence-corrected chi connectivity index (χ2v) is 9.67. The lowest BCUT2D eigenvalue weighted by Crippen LogP contribution is -2.27. The van der Waals surface area contributed by atoms with Gasteiger partial charge in [0.25, 0.3) is 0 Å². The molecule has 36 heavy (non-hydrogen) atoms. The molecule has 186 valence electrons. The molecule has 0 unspecified atom stereocenters. The maximum Gasteiger partial charge on any atom is 0.311 e. The van der Waals surface area contributed by atoms with Crippen molar-refractivity contribution in [3.8, 4) is 11.5 Å². The summed E-state index contributed by atoms with van der Waals surface area (Å²) in [6.07, 6.45) is 0.0350. The van der Waals surface area contributed by atoms with Gasteiger partial charge in [-0.25, -0.2) is 0 Å². The standard InChI is InChI=1S/C29H28ClNO5/c1-18(2)25-13-4-19(3)14-27(25)36-24-11-9-23(10-12-24)31-16-21(15-28(31)33)29(34)35-17-26(32)20-5-7-22(30)8-6-20/h4-14,18,21H,15-17H2,1-3H3/t21-/m0/s1. The number of halogens is 1. The molecule has 6 nitrogen and oxygen atoms in total. The van der Waals surface area contributed by atoms with Crippen molar-refractivity contribution < 1.29 is 23.9 Å². The van der Waals surface area contributed by atoms with Crippen molar-refractivity contribution in [1.82, 2.24) is 0 Å². The van der Waals surface area contributed by atoms with Crippen molar-refractivity contribution in [2.24, 2.45) is 5.92 Å². The SMILES string of the molecule is Cc1ccc(C(C)C)c(Oc2ccc(N3C[C@@H](C(=O)OCC(=O)c4ccc(Cl)cc4)CC3=O)cc2)c1. The van der Waals surface area contributed by atoms with Crippen LogP contribution in [0.5, 0.6) is 11.5 Å². The maximum atomic E-state index is 12.6. The molecule has 1 amide bonds. The molecule has 0 spiro atoms. The highest BCUT2D eigenvalue weighted by molar-refractivity contribution is 6.30. The van der Waals surface area contributed by atoms with E-state index in [-0.39, 0.29) is 31.3 Å². The number of carbonyl (C=O) groups is 3. The van der Waals surface area contributed by atoms with Crippen molar-refractivity contribution in [2.75, 3.05) is 18.1 Å². The Hall–Kier alpha value is -3.64. The predicted octanol–water partition coefficient (Wildman–Crippen LogP) is 6.34. The van der Waals surface area contributed by atoms with Gasteiger partial charge in [-0.2, -0.15) is 0 Å². The third kappa shape index (κ3) is 5.94. The fraction of sp³-hybridized carbons (Fsp3) is 0.276. The predicted molar refractivity (Wildman–Crippen MR) is 139 cm³/mol. The number of ether oxygens (including phenoxy) is 2. The first kappa shape index (κ1) is 25.5. The Balaban J connectivity index is 1.36. The minimum absolute atomic E-state index is 0.0350. The second kappa shape index (κ2) is 11.0. The molecule has 0 bridgehead atoms. The highest BCUT2D eigenvalue weighted by Crippen LogP contribution is 2.33. The van der Waals surface area contributed by atoms with E-state index in [1.807, 2.05) is 25.1 Å². The number of ketones is 1. The highest BCUT2D eigenvalue weighted by atomic mass is 35.5. The molecule has 0 saturated carbocycles. The molecule has 1 heterocycles. The van der Waals surface area contributed by atoms with Gasteiger partial charge in [0.1, 0.15) is 11.5 Å². The Morgan fingerprint density at radius 3 is 2.39 bits per heavy atom. The molecule has 3 aromatic rings. The first-order valence-corrected chi connectivity index (χ1v) is 12.2. The zero-order valence-corrected chi connectivity index (χ0v) is 21.2. The topological polar surface area (TPSA) is 72.9 Å². The largest absolute Gasteiger partial charge is 0.457 e. The van der Waals surface area contributed by atoms with Gasteiger partial charge in [0.15, 0.2) is 12.4 Å². The van der Waals surface area contributed by atoms with Crippen molar-refractivity contribution in [1.29, 1.82) is 0 Å². The number of amides is 1. The van der Waals surface area contributed by atoms with Crippen molar-refractivity contribution in [3.05, 3.63) is 88.4 Å². The average Bonchev–Trinajstić information content (AvgIpc) is 3.24. The molecule has 1 aliphatic heterocycles. The number of carbonyl (C=O) groups excluding carboxylic acids is 3. The summed E-state index contributed by atoms with van der Waals surface area (Å²) in [5.41, 5.74) is 3.31. The van der Waals surface area contributed by atoms with Gasteiger partial charge < -0.3 is 14.4 Å². The molecule has 0 N–H and O–H groups in total. The zero-order valence-electron chi connectivity index (χ0n) is 20.5. The number of Topliss-reactive ketones (excluding diaryl/α,β-unsaturated/α-hetero) is 1. The van der Waals surface area contributed by atoms with Crippen LogP contribution in [0.15, 0.2) is 66.7 Å². The minimum atomic E-state index is -0.632. The van der Waals surface area contributed by atoms with E-state index in [0.717, 1.165) is 16.9 Å². The van der Waals surface area contributed by atoms with Crippen LogP contribution in [0.2, 0.25) is 5.02 Å². The molecule has 4 rings (SSSR count). The number of nitrogens with zero attached hydrogens (tertiary/aromatic N) is 1. The number of esters is 1. The first-order chi connectivity index (χ1) is 17.2. The molecule has 0 aliphatic carbocycles. The minimum Gasteiger partial charge on any atom is -0.457 e. The van der Waals surface area contributed by atoms with Gasteiger partial charge in [-0.3, -0.25) is 14.4 Å². The fourth-order valence-corrected chi connectivity index (χ4v) is 4.24. The molecule has 1 fully saturated rings. The van der Waals surface area contributed by atoms with Gasteiger partial charge in [0.2, 0.25) is 5.91 Å². The quantitative estimate of drug-likeness (QED) is 0.264. The molecular formula is C29H28ClNO5. The van der Waals surface area contributed by atoms with Crippen LogP contribution in [0, 0.1) is 12.8 Å². The average molecular weight is 506 g/mol. The van der Waals surface area contributed by atoms with Crippen LogP contribution >= 0.6 is 11.6 Å². The third-order valence-corrected chi connectivity index (χ3v) is 6.39. The van der Waals surface area contributed by atoms with Crippen LogP contribution in [0.4, 0.5) is 5.69 Å². The van der Waals surface area contributed by atoms with Crippen LogP contribution in [-0.2, 0) is 14.3 Å². The van der Waals surface area contributed by atoms with Gasteiger partial charge in [-0.05, 0) is 78.6 Å². The van der Waals surface area contributed by atoms with Crippen molar-refractivity contribution in [2.45, 2.75) is 33.1 Å². The van der Waals surface area contributed by atoms with Crippen LogP contribution in [0.25, 0.3) is 0 Å². The van der Waals surface area contributed by atoms with Crippen molar-refractivity contribution in [3.63, 3.8) is 0 Å². The van der Waals surface area contributed by atoms with Gasteiger partial charge in [-0.1, -0.05) is 37.6 Å². The van der Waals surface area contributed by atoms with Gasteiger partial charge in [0.05, 0.1) is 5.92 Å². The van der Waals surface area contributed by atoms with Crippen LogP contribution in [-0.4, -0.2) is 30.8 Å². The van der Waals surface area contributed by atoms with Gasteiger partial charge in [0, 0.05) is 29.2 Å². The normalized spacial score (nSPS) is 15.3. The Bertz CT molecular complexity index is 1270. The van der Waals surface area contributed by atoms with E-state index in [1.54, 1.807) is 41.3 Å². The lowest BCUT2D eigenvalue weighted by Gasteiger charge is -2.18. The second-order valence-electron chi connectivity index (χ2n) is 9.24. The summed E-state index contributed by atoms with van der Waals surface area (Å²) in [6.45, 7) is 6.08. The summed E-state index contributed by atoms with van der Waals surface area (Å²) in [4.78, 5) is 39.0. The number of hydrogen-bond donors (Lipinski definition) is 0. The van der Waals surface area contributed by atoms with E-state index < -0.39 is 11.9 Å². The third-order valence-electron chi connectivity index (χ3n) is 6.14. The summed E-state index contributed by atoms with van der Waals surface area (Å²) in [5.74, 6) is 0.100. The summed E-state index contributed by atoms with van der Waals surface area (Å²) in [6, 6.07) is 19.7. The Morgan fingerprint density at radius 2 is 1.72 bits per heavy atom. The Kier molecular flexibility index (Phi) is 7.75. The van der Waals surface area contributed by atoms with Gasteiger partial charge in [-0.15, -0.1) is 0 Å². The highest BCUT2D eigenvalue weighted by Gasteiger charge is 2.36. The van der Waals surface area contributed by atoms with Crippen LogP contribution < -0.4 is 9.64 Å². The smallest absolute Gasteiger partial charge is 0.311 e. The van der Waals surface area contributed by atoms with Crippen molar-refractivity contribution >= 4 is 34.9 Å². The molecule has 3 aromatic carbocycles. The van der Waals surface area contributed by atoms with E-state index >= 15 is 0 Å². The lowest BCUT2D eigenvalue weighted by atomic mass is 10.0. The number of rotatable bonds is 8. The summed E-state index contributed by atoms with van der Waals surface area (Å²) >= 11 is 5.84. The van der Waals surface area contributed by atoms with E-state index in [1.165, 1.54) is 0 Å². The molecule has 0 aromatic heterocycles. The number of anilines is 1. The summed E-state index contributed by atoms with van der Waals surface area (Å²) < 4.78 is 11.3. The van der Waals surface area contributed by atoms with Gasteiger partial charge >= 0.3 is 5.97 Å². The Morgan fingerprint density at radius 1 is 1.03 bits per heavy atom. The maximum absolute atomic E-state index is 12.6. The first-order valence-electron chi connectivity index (χ1n) is 11.9. The van der Waals surface area contributed by atoms with Crippen LogP contribution in [0.3, 0.4) is 0 Å². The molecule has 7 heteroatoms. The zero-order chi connectivity index (χ0) is 25.8. The van der Waals surface area contributed by atoms with E-state index in [0.29, 0.717) is 27.9 Å². The van der Waals surface area contributed by atoms with E-state index in [9.17, 15) is 14.4 Å². The fourth-order valence-electron chi connectivity index (χ4n) is 4.12. The monoisotopic (exact) mass is 505 g/mol. The van der Waals surface area contributed by atoms with E-state index in [2.05, 4.69) is 26.0 Å².